The van der Waals surface area contributed by atoms with Gasteiger partial charge in [0.25, 0.3) is 0 Å². The Morgan fingerprint density at radius 3 is 2.21 bits per heavy atom. The quantitative estimate of drug-likeness (QED) is 0.663. The van der Waals surface area contributed by atoms with Crippen LogP contribution in [0.2, 0.25) is 0 Å². The van der Waals surface area contributed by atoms with Crippen LogP contribution < -0.4 is 4.74 Å². The zero-order valence-corrected chi connectivity index (χ0v) is 12.6. The lowest BCUT2D eigenvalue weighted by molar-refractivity contribution is -0.137. The molecular formula is C17H13F3O4. The van der Waals surface area contributed by atoms with Crippen molar-refractivity contribution in [2.75, 3.05) is 0 Å². The van der Waals surface area contributed by atoms with Crippen molar-refractivity contribution in [3.63, 3.8) is 0 Å². The van der Waals surface area contributed by atoms with E-state index in [-0.39, 0.29) is 23.3 Å². The van der Waals surface area contributed by atoms with Crippen molar-refractivity contribution in [1.82, 2.24) is 0 Å². The lowest BCUT2D eigenvalue weighted by Gasteiger charge is -2.13. The van der Waals surface area contributed by atoms with E-state index in [0.29, 0.717) is 5.56 Å². The molecule has 0 aliphatic heterocycles. The van der Waals surface area contributed by atoms with Gasteiger partial charge in [0.05, 0.1) is 5.56 Å². The summed E-state index contributed by atoms with van der Waals surface area (Å²) in [6.07, 6.45) is -4.45. The first-order chi connectivity index (χ1) is 11.2. The minimum atomic E-state index is -4.47. The summed E-state index contributed by atoms with van der Waals surface area (Å²) in [5, 5.41) is 9.23. The summed E-state index contributed by atoms with van der Waals surface area (Å²) < 4.78 is 43.0. The molecule has 0 atom stereocenters. The van der Waals surface area contributed by atoms with E-state index in [4.69, 9.17) is 4.74 Å². The molecule has 24 heavy (non-hydrogen) atoms. The Hall–Kier alpha value is -2.83. The highest BCUT2D eigenvalue weighted by Crippen LogP contribution is 2.36. The molecule has 0 aliphatic rings. The summed E-state index contributed by atoms with van der Waals surface area (Å²) in [6.45, 7) is 1.55. The van der Waals surface area contributed by atoms with Crippen LogP contribution in [0.4, 0.5) is 13.2 Å². The number of carboxylic acids is 1. The molecule has 2 aromatic rings. The fraction of sp³-hybridized carbons (Fsp3) is 0.176. The summed E-state index contributed by atoms with van der Waals surface area (Å²) in [4.78, 5) is 22.9. The Morgan fingerprint density at radius 2 is 1.71 bits per heavy atom. The predicted molar refractivity (Wildman–Crippen MR) is 79.8 cm³/mol. The van der Waals surface area contributed by atoms with Crippen molar-refractivity contribution >= 4 is 11.9 Å². The Bertz CT molecular complexity index is 764. The van der Waals surface area contributed by atoms with Crippen molar-refractivity contribution < 1.29 is 32.6 Å². The van der Waals surface area contributed by atoms with Crippen molar-refractivity contribution in [3.05, 3.63) is 53.6 Å². The number of rotatable bonds is 4. The van der Waals surface area contributed by atoms with Gasteiger partial charge in [0, 0.05) is 12.0 Å². The van der Waals surface area contributed by atoms with Crippen LogP contribution in [-0.4, -0.2) is 17.0 Å². The summed E-state index contributed by atoms with van der Waals surface area (Å²) in [7, 11) is 0. The van der Waals surface area contributed by atoms with E-state index >= 15 is 0 Å². The zero-order valence-electron chi connectivity index (χ0n) is 12.6. The van der Waals surface area contributed by atoms with Gasteiger partial charge in [0.15, 0.2) is 5.75 Å². The molecule has 0 radical (unpaired) electrons. The fourth-order valence-corrected chi connectivity index (χ4v) is 2.07. The molecule has 1 N–H and O–H groups in total. The van der Waals surface area contributed by atoms with Gasteiger partial charge in [-0.15, -0.1) is 0 Å². The number of hydrogen-bond acceptors (Lipinski definition) is 3. The van der Waals surface area contributed by atoms with Crippen LogP contribution in [0.3, 0.4) is 0 Å². The number of carboxylic acid groups (broad SMARTS) is 1. The SMILES string of the molecule is CCC(=O)Oc1c(C(=O)O)cccc1-c1ccc(C(F)(F)F)cc1. The normalized spacial score (nSPS) is 11.2. The van der Waals surface area contributed by atoms with Crippen molar-refractivity contribution in [1.29, 1.82) is 0 Å². The van der Waals surface area contributed by atoms with E-state index in [9.17, 15) is 27.9 Å². The van der Waals surface area contributed by atoms with Gasteiger partial charge in [-0.1, -0.05) is 31.2 Å². The molecular weight excluding hydrogens is 325 g/mol. The predicted octanol–water partition coefficient (Wildman–Crippen LogP) is 4.39. The molecule has 2 aromatic carbocycles. The van der Waals surface area contributed by atoms with E-state index in [2.05, 4.69) is 0 Å². The van der Waals surface area contributed by atoms with Gasteiger partial charge in [0.1, 0.15) is 5.56 Å². The molecule has 0 saturated carbocycles. The lowest BCUT2D eigenvalue weighted by Crippen LogP contribution is -2.11. The van der Waals surface area contributed by atoms with Crippen molar-refractivity contribution in [3.8, 4) is 16.9 Å². The maximum Gasteiger partial charge on any atom is 0.416 e. The first-order valence-corrected chi connectivity index (χ1v) is 6.98. The molecule has 0 saturated heterocycles. The standard InChI is InChI=1S/C17H13F3O4/c1-2-14(21)24-15-12(4-3-5-13(15)16(22)23)10-6-8-11(9-7-10)17(18,19)20/h3-9H,2H2,1H3,(H,22,23). The summed E-state index contributed by atoms with van der Waals surface area (Å²) >= 11 is 0. The molecule has 0 unspecified atom stereocenters. The second-order valence-corrected chi connectivity index (χ2v) is 4.89. The van der Waals surface area contributed by atoms with Crippen LogP contribution in [0.15, 0.2) is 42.5 Å². The van der Waals surface area contributed by atoms with Gasteiger partial charge in [-0.2, -0.15) is 13.2 Å². The Morgan fingerprint density at radius 1 is 1.08 bits per heavy atom. The molecule has 0 spiro atoms. The summed E-state index contributed by atoms with van der Waals surface area (Å²) in [5.41, 5.74) is -0.530. The number of carbonyl (C=O) groups is 2. The number of esters is 1. The number of halogens is 3. The highest BCUT2D eigenvalue weighted by atomic mass is 19.4. The van der Waals surface area contributed by atoms with Gasteiger partial charge in [-0.3, -0.25) is 4.79 Å². The Balaban J connectivity index is 2.55. The Kier molecular flexibility index (Phi) is 4.92. The number of ether oxygens (including phenoxy) is 1. The second kappa shape index (κ2) is 6.74. The molecule has 0 aliphatic carbocycles. The summed E-state index contributed by atoms with van der Waals surface area (Å²) in [6, 6.07) is 8.34. The van der Waals surface area contributed by atoms with Crippen LogP contribution in [-0.2, 0) is 11.0 Å². The van der Waals surface area contributed by atoms with E-state index in [0.717, 1.165) is 12.1 Å². The third-order valence-corrected chi connectivity index (χ3v) is 3.27. The third kappa shape index (κ3) is 3.73. The van der Waals surface area contributed by atoms with Gasteiger partial charge in [0.2, 0.25) is 0 Å². The Labute approximate surface area is 135 Å². The van der Waals surface area contributed by atoms with Crippen molar-refractivity contribution in [2.24, 2.45) is 0 Å². The van der Waals surface area contributed by atoms with E-state index in [1.165, 1.54) is 30.3 Å². The van der Waals surface area contributed by atoms with Crippen LogP contribution >= 0.6 is 0 Å². The van der Waals surface area contributed by atoms with Crippen LogP contribution in [0.1, 0.15) is 29.3 Å². The van der Waals surface area contributed by atoms with Crippen molar-refractivity contribution in [2.45, 2.75) is 19.5 Å². The number of alkyl halides is 3. The number of benzene rings is 2. The number of para-hydroxylation sites is 1. The first-order valence-electron chi connectivity index (χ1n) is 6.98. The maximum absolute atomic E-state index is 12.6. The van der Waals surface area contributed by atoms with Crippen LogP contribution in [0.5, 0.6) is 5.75 Å². The largest absolute Gasteiger partial charge is 0.478 e. The molecule has 0 amide bonds. The van der Waals surface area contributed by atoms with E-state index < -0.39 is 23.7 Å². The third-order valence-electron chi connectivity index (χ3n) is 3.27. The molecule has 0 aromatic heterocycles. The summed E-state index contributed by atoms with van der Waals surface area (Å²) in [5.74, 6) is -2.13. The van der Waals surface area contributed by atoms with Gasteiger partial charge in [-0.05, 0) is 23.8 Å². The minimum Gasteiger partial charge on any atom is -0.478 e. The van der Waals surface area contributed by atoms with Crippen LogP contribution in [0, 0.1) is 0 Å². The molecule has 4 nitrogen and oxygen atoms in total. The van der Waals surface area contributed by atoms with Gasteiger partial charge < -0.3 is 9.84 Å². The number of hydrogen-bond donors (Lipinski definition) is 1. The second-order valence-electron chi connectivity index (χ2n) is 4.89. The first kappa shape index (κ1) is 17.5. The number of aromatic carboxylic acids is 1. The minimum absolute atomic E-state index is 0.0282. The molecule has 126 valence electrons. The lowest BCUT2D eigenvalue weighted by atomic mass is 10.00. The smallest absolute Gasteiger partial charge is 0.416 e. The van der Waals surface area contributed by atoms with E-state index in [1.807, 2.05) is 0 Å². The average Bonchev–Trinajstić information content (AvgIpc) is 2.54. The zero-order chi connectivity index (χ0) is 17.9. The number of carbonyl (C=O) groups excluding carboxylic acids is 1. The average molecular weight is 338 g/mol. The van der Waals surface area contributed by atoms with Crippen LogP contribution in [0.25, 0.3) is 11.1 Å². The highest BCUT2D eigenvalue weighted by molar-refractivity contribution is 5.95. The molecule has 0 fully saturated rings. The maximum atomic E-state index is 12.6. The monoisotopic (exact) mass is 338 g/mol. The topological polar surface area (TPSA) is 63.6 Å². The molecule has 0 bridgehead atoms. The fourth-order valence-electron chi connectivity index (χ4n) is 2.07. The molecule has 7 heteroatoms. The van der Waals surface area contributed by atoms with Gasteiger partial charge in [-0.25, -0.2) is 4.79 Å². The van der Waals surface area contributed by atoms with E-state index in [1.54, 1.807) is 6.92 Å². The highest BCUT2D eigenvalue weighted by Gasteiger charge is 2.30. The van der Waals surface area contributed by atoms with Gasteiger partial charge >= 0.3 is 18.1 Å². The molecule has 0 heterocycles. The molecule has 2 rings (SSSR count).